The molecule has 3 heteroatoms. The second kappa shape index (κ2) is 4.06. The van der Waals surface area contributed by atoms with Crippen molar-refractivity contribution in [2.75, 3.05) is 0 Å². The van der Waals surface area contributed by atoms with Gasteiger partial charge in [0.05, 0.1) is 10.9 Å². The first kappa shape index (κ1) is 11.4. The molecular formula is C13H14BrNO. The van der Waals surface area contributed by atoms with Crippen LogP contribution in [0.3, 0.4) is 0 Å². The van der Waals surface area contributed by atoms with E-state index in [1.54, 1.807) is 6.07 Å². The van der Waals surface area contributed by atoms with Crippen LogP contribution in [0.25, 0.3) is 10.9 Å². The third-order valence-corrected chi connectivity index (χ3v) is 3.45. The topological polar surface area (TPSA) is 32.9 Å². The number of H-pyrrole nitrogens is 1. The number of halogens is 1. The van der Waals surface area contributed by atoms with Crippen LogP contribution in [0.1, 0.15) is 31.0 Å². The molecule has 1 aromatic heterocycles. The van der Waals surface area contributed by atoms with Crippen molar-refractivity contribution in [3.8, 4) is 0 Å². The van der Waals surface area contributed by atoms with Crippen molar-refractivity contribution in [3.05, 3.63) is 44.2 Å². The van der Waals surface area contributed by atoms with Gasteiger partial charge in [0.2, 0.25) is 0 Å². The molecule has 2 aromatic rings. The van der Waals surface area contributed by atoms with E-state index < -0.39 is 0 Å². The quantitative estimate of drug-likeness (QED) is 0.848. The number of aromatic amines is 1. The van der Waals surface area contributed by atoms with Crippen molar-refractivity contribution in [2.24, 2.45) is 0 Å². The second-order valence-corrected chi connectivity index (χ2v) is 5.21. The molecule has 2 nitrogen and oxygen atoms in total. The zero-order valence-corrected chi connectivity index (χ0v) is 11.2. The Labute approximate surface area is 103 Å². The van der Waals surface area contributed by atoms with Gasteiger partial charge in [0.25, 0.3) is 0 Å². The summed E-state index contributed by atoms with van der Waals surface area (Å²) in [5.41, 5.74) is 3.09. The van der Waals surface area contributed by atoms with Gasteiger partial charge in [0.15, 0.2) is 5.43 Å². The minimum atomic E-state index is 0.0769. The zero-order valence-electron chi connectivity index (χ0n) is 9.60. The molecule has 0 amide bonds. The number of pyridine rings is 1. The fourth-order valence-electron chi connectivity index (χ4n) is 1.79. The van der Waals surface area contributed by atoms with E-state index in [9.17, 15) is 4.79 Å². The Bertz CT molecular complexity index is 599. The highest BCUT2D eigenvalue weighted by Crippen LogP contribution is 2.24. The van der Waals surface area contributed by atoms with Crippen LogP contribution in [0.4, 0.5) is 0 Å². The van der Waals surface area contributed by atoms with Gasteiger partial charge in [-0.25, -0.2) is 0 Å². The summed E-state index contributed by atoms with van der Waals surface area (Å²) >= 11 is 3.42. The number of hydrogen-bond donors (Lipinski definition) is 1. The summed E-state index contributed by atoms with van der Waals surface area (Å²) in [7, 11) is 0. The van der Waals surface area contributed by atoms with Crippen LogP contribution in [0.2, 0.25) is 0 Å². The summed E-state index contributed by atoms with van der Waals surface area (Å²) in [5.74, 6) is 0.329. The normalized spacial score (nSPS) is 11.3. The molecule has 0 bridgehead atoms. The Hall–Kier alpha value is -1.09. The van der Waals surface area contributed by atoms with Gasteiger partial charge >= 0.3 is 0 Å². The van der Waals surface area contributed by atoms with E-state index in [2.05, 4.69) is 34.8 Å². The average Bonchev–Trinajstić information content (AvgIpc) is 2.22. The summed E-state index contributed by atoms with van der Waals surface area (Å²) in [5, 5.41) is 0.740. The molecule has 0 fully saturated rings. The lowest BCUT2D eigenvalue weighted by Crippen LogP contribution is -2.07. The SMILES string of the molecule is Cc1ccc(Br)c2c(=O)cc(C(C)C)[nH]c12. The van der Waals surface area contributed by atoms with E-state index in [4.69, 9.17) is 0 Å². The van der Waals surface area contributed by atoms with E-state index in [1.807, 2.05) is 19.1 Å². The van der Waals surface area contributed by atoms with Crippen LogP contribution < -0.4 is 5.43 Å². The van der Waals surface area contributed by atoms with Gasteiger partial charge in [-0.05, 0) is 40.4 Å². The maximum atomic E-state index is 12.0. The molecule has 1 N–H and O–H groups in total. The molecule has 0 unspecified atom stereocenters. The average molecular weight is 280 g/mol. The van der Waals surface area contributed by atoms with Crippen molar-refractivity contribution in [2.45, 2.75) is 26.7 Å². The van der Waals surface area contributed by atoms with Gasteiger partial charge in [-0.2, -0.15) is 0 Å². The maximum Gasteiger partial charge on any atom is 0.190 e. The monoisotopic (exact) mass is 279 g/mol. The van der Waals surface area contributed by atoms with Crippen molar-refractivity contribution < 1.29 is 0 Å². The van der Waals surface area contributed by atoms with E-state index in [0.29, 0.717) is 5.92 Å². The molecule has 1 aromatic carbocycles. The number of benzene rings is 1. The Morgan fingerprint density at radius 1 is 1.31 bits per heavy atom. The lowest BCUT2D eigenvalue weighted by Gasteiger charge is -2.10. The first-order chi connectivity index (χ1) is 7.50. The smallest absolute Gasteiger partial charge is 0.190 e. The minimum absolute atomic E-state index is 0.0769. The van der Waals surface area contributed by atoms with E-state index in [1.165, 1.54) is 0 Å². The predicted molar refractivity (Wildman–Crippen MR) is 71.1 cm³/mol. The highest BCUT2D eigenvalue weighted by molar-refractivity contribution is 9.10. The fourth-order valence-corrected chi connectivity index (χ4v) is 2.31. The van der Waals surface area contributed by atoms with Crippen molar-refractivity contribution in [3.63, 3.8) is 0 Å². The van der Waals surface area contributed by atoms with Crippen LogP contribution in [0.5, 0.6) is 0 Å². The number of rotatable bonds is 1. The molecule has 0 aliphatic heterocycles. The van der Waals surface area contributed by atoms with Crippen molar-refractivity contribution in [1.29, 1.82) is 0 Å². The number of aromatic nitrogens is 1. The van der Waals surface area contributed by atoms with Gasteiger partial charge in [0.1, 0.15) is 0 Å². The largest absolute Gasteiger partial charge is 0.358 e. The summed E-state index contributed by atoms with van der Waals surface area (Å²) in [6.07, 6.45) is 0. The zero-order chi connectivity index (χ0) is 11.9. The van der Waals surface area contributed by atoms with Gasteiger partial charge in [0, 0.05) is 16.2 Å². The number of nitrogens with one attached hydrogen (secondary N) is 1. The fraction of sp³-hybridized carbons (Fsp3) is 0.308. The van der Waals surface area contributed by atoms with Crippen molar-refractivity contribution in [1.82, 2.24) is 4.98 Å². The molecule has 1 heterocycles. The molecule has 84 valence electrons. The molecule has 0 spiro atoms. The van der Waals surface area contributed by atoms with Crippen LogP contribution >= 0.6 is 15.9 Å². The molecule has 0 aliphatic carbocycles. The highest BCUT2D eigenvalue weighted by atomic mass is 79.9. The maximum absolute atomic E-state index is 12.0. The van der Waals surface area contributed by atoms with Crippen LogP contribution in [0, 0.1) is 6.92 Å². The lowest BCUT2D eigenvalue weighted by molar-refractivity contribution is 0.828. The van der Waals surface area contributed by atoms with Crippen LogP contribution in [-0.4, -0.2) is 4.98 Å². The summed E-state index contributed by atoms with van der Waals surface area (Å²) in [6, 6.07) is 5.62. The molecule has 0 radical (unpaired) electrons. The third-order valence-electron chi connectivity index (χ3n) is 2.79. The summed E-state index contributed by atoms with van der Waals surface area (Å²) < 4.78 is 0.852. The Morgan fingerprint density at radius 3 is 2.62 bits per heavy atom. The molecule has 0 atom stereocenters. The van der Waals surface area contributed by atoms with E-state index in [-0.39, 0.29) is 5.43 Å². The molecular weight excluding hydrogens is 266 g/mol. The first-order valence-corrected chi connectivity index (χ1v) is 6.12. The number of hydrogen-bond acceptors (Lipinski definition) is 1. The van der Waals surface area contributed by atoms with Crippen molar-refractivity contribution >= 4 is 26.8 Å². The third kappa shape index (κ3) is 1.80. The summed E-state index contributed by atoms with van der Waals surface area (Å²) in [6.45, 7) is 6.16. The second-order valence-electron chi connectivity index (χ2n) is 4.36. The Morgan fingerprint density at radius 2 is 2.00 bits per heavy atom. The van der Waals surface area contributed by atoms with Gasteiger partial charge in [-0.15, -0.1) is 0 Å². The van der Waals surface area contributed by atoms with Gasteiger partial charge in [-0.1, -0.05) is 19.9 Å². The van der Waals surface area contributed by atoms with Gasteiger partial charge < -0.3 is 4.98 Å². The number of aryl methyl sites for hydroxylation is 1. The first-order valence-electron chi connectivity index (χ1n) is 5.32. The van der Waals surface area contributed by atoms with Crippen LogP contribution in [0.15, 0.2) is 27.5 Å². The molecule has 0 aliphatic rings. The van der Waals surface area contributed by atoms with E-state index in [0.717, 1.165) is 26.6 Å². The molecule has 2 rings (SSSR count). The van der Waals surface area contributed by atoms with Crippen LogP contribution in [-0.2, 0) is 0 Å². The molecule has 0 saturated heterocycles. The van der Waals surface area contributed by atoms with E-state index >= 15 is 0 Å². The molecule has 16 heavy (non-hydrogen) atoms. The highest BCUT2D eigenvalue weighted by Gasteiger charge is 2.09. The Balaban J connectivity index is 2.92. The summed E-state index contributed by atoms with van der Waals surface area (Å²) in [4.78, 5) is 15.4. The predicted octanol–water partition coefficient (Wildman–Crippen LogP) is 3.72. The Kier molecular flexibility index (Phi) is 2.89. The lowest BCUT2D eigenvalue weighted by atomic mass is 10.1. The number of fused-ring (bicyclic) bond motifs is 1. The molecule has 0 saturated carbocycles. The standard InChI is InChI=1S/C13H14BrNO/c1-7(2)10-6-11(16)12-9(14)5-4-8(3)13(12)15-10/h4-7H,1-3H3,(H,15,16). The van der Waals surface area contributed by atoms with Gasteiger partial charge in [-0.3, -0.25) is 4.79 Å². The minimum Gasteiger partial charge on any atom is -0.358 e.